The molecule has 424 valence electrons. The van der Waals surface area contributed by atoms with Crippen LogP contribution < -0.4 is 21.3 Å². The van der Waals surface area contributed by atoms with Crippen LogP contribution in [0.4, 0.5) is 0 Å². The topological polar surface area (TPSA) is 317 Å². The number of ether oxygens (including phenoxy) is 2. The maximum absolute atomic E-state index is 14.5. The summed E-state index contributed by atoms with van der Waals surface area (Å²) >= 11 is 0. The number of carbonyl (C=O) groups is 12. The minimum absolute atomic E-state index is 0.0481. The van der Waals surface area contributed by atoms with Crippen LogP contribution in [-0.2, 0) is 57.4 Å². The van der Waals surface area contributed by atoms with Crippen LogP contribution in [0.2, 0.25) is 0 Å². The summed E-state index contributed by atoms with van der Waals surface area (Å²) in [5, 5.41) is 10.2. The molecule has 5 rings (SSSR count). The van der Waals surface area contributed by atoms with Gasteiger partial charge in [-0.3, -0.25) is 57.9 Å². The van der Waals surface area contributed by atoms with Crippen molar-refractivity contribution in [2.45, 2.75) is 102 Å². The largest absolute Gasteiger partial charge is 0.461 e. The monoisotopic (exact) mass is 1090 g/mol. The molecule has 0 aromatic carbocycles. The van der Waals surface area contributed by atoms with Crippen molar-refractivity contribution in [3.63, 3.8) is 0 Å². The predicted molar refractivity (Wildman–Crippen MR) is 276 cm³/mol. The van der Waals surface area contributed by atoms with E-state index < -0.39 is 158 Å². The second-order valence-electron chi connectivity index (χ2n) is 20.2. The Morgan fingerprint density at radius 1 is 0.551 bits per heavy atom. The normalized spacial score (nSPS) is 24.3. The number of pyridine rings is 2. The SMILES string of the molecule is CC(C)[C@H]1C(=O)OC[C@@H](NC(=O)c2ccccn2)C(=O)N2CCCC[C@H]2C(=O)NCC(=O)N(C)CC(=O)N(C)[C@@H](C(C)C)C(=O)OC[C@@H](NC(=O)c2ccccn2)C(=O)N2CCCC[C@H]2C(=O)NCC(=O)N(C)CC(=O)N1C. The van der Waals surface area contributed by atoms with E-state index in [1.54, 1.807) is 52.0 Å². The molecule has 0 unspecified atom stereocenters. The summed E-state index contributed by atoms with van der Waals surface area (Å²) in [6.07, 6.45) is 5.00. The first kappa shape index (κ1) is 60.8. The Kier molecular flexibility index (Phi) is 22.1. The van der Waals surface area contributed by atoms with Gasteiger partial charge in [-0.25, -0.2) is 9.59 Å². The van der Waals surface area contributed by atoms with Crippen molar-refractivity contribution in [2.24, 2.45) is 11.8 Å². The summed E-state index contributed by atoms with van der Waals surface area (Å²) in [5.41, 5.74) is -0.133. The Balaban J connectivity index is 1.45. The molecular weight excluding hydrogens is 1020 g/mol. The first-order valence-electron chi connectivity index (χ1n) is 25.9. The lowest BCUT2D eigenvalue weighted by Gasteiger charge is -2.37. The highest BCUT2D eigenvalue weighted by atomic mass is 16.5. The molecule has 10 amide bonds. The third-order valence-electron chi connectivity index (χ3n) is 13.8. The number of amides is 10. The summed E-state index contributed by atoms with van der Waals surface area (Å²) in [5.74, 6) is -10.5. The molecule has 2 aromatic heterocycles. The molecule has 3 aliphatic heterocycles. The van der Waals surface area contributed by atoms with Crippen LogP contribution in [0.25, 0.3) is 0 Å². The van der Waals surface area contributed by atoms with Crippen molar-refractivity contribution in [3.05, 3.63) is 60.2 Å². The second kappa shape index (κ2) is 28.4. The molecule has 3 aliphatic rings. The van der Waals surface area contributed by atoms with Crippen molar-refractivity contribution >= 4 is 71.0 Å². The van der Waals surface area contributed by atoms with Gasteiger partial charge in [0, 0.05) is 53.7 Å². The molecule has 6 atom stereocenters. The van der Waals surface area contributed by atoms with E-state index in [-0.39, 0.29) is 37.3 Å². The number of nitrogens with one attached hydrogen (secondary N) is 4. The standard InChI is InChI=1S/C52H72N12O14/c1-31(2)43-51(75)77-29-35(57-45(69)33-17-9-13-21-53-33)49(73)63-23-15-11-19-37(63)47(71)56-26-40(66)60(6)28-42(68)62(8)44(32(3)4)52(76)78-30-36(58-46(70)34-18-10-14-22-54-34)50(74)64-24-16-12-20-38(64)48(72)55-25-39(65)59(5)27-41(67)61(43)7/h9-10,13-14,17-18,21-22,31-32,35-38,43-44H,11-12,15-16,19-20,23-30H2,1-8H3,(H,55,72)(H,56,71)(H,57,69)(H,58,70)/t35-,36-,37+,38+,43+,44+/m1/s1. The molecule has 78 heavy (non-hydrogen) atoms. The quantitative estimate of drug-likeness (QED) is 0.236. The van der Waals surface area contributed by atoms with E-state index in [9.17, 15) is 57.5 Å². The van der Waals surface area contributed by atoms with Crippen molar-refractivity contribution in [2.75, 3.05) is 80.7 Å². The highest BCUT2D eigenvalue weighted by Crippen LogP contribution is 2.22. The number of hydrogen-bond acceptors (Lipinski definition) is 16. The number of carbonyl (C=O) groups excluding carboxylic acids is 12. The number of rotatable bonds is 6. The molecule has 0 bridgehead atoms. The van der Waals surface area contributed by atoms with Crippen LogP contribution in [-0.4, -0.2) is 227 Å². The summed E-state index contributed by atoms with van der Waals surface area (Å²) in [6.45, 7) is 2.84. The molecule has 5 heterocycles. The number of esters is 2. The number of hydrogen-bond donors (Lipinski definition) is 4. The van der Waals surface area contributed by atoms with Gasteiger partial charge in [-0.2, -0.15) is 0 Å². The Morgan fingerprint density at radius 3 is 1.26 bits per heavy atom. The number of aromatic nitrogens is 2. The maximum atomic E-state index is 14.5. The molecule has 4 N–H and O–H groups in total. The average Bonchev–Trinajstić information content (AvgIpc) is 3.43. The van der Waals surface area contributed by atoms with E-state index in [1.807, 2.05) is 0 Å². The predicted octanol–water partition coefficient (Wildman–Crippen LogP) is -1.65. The third kappa shape index (κ3) is 16.0. The fourth-order valence-corrected chi connectivity index (χ4v) is 9.35. The van der Waals surface area contributed by atoms with Crippen LogP contribution in [0.3, 0.4) is 0 Å². The molecule has 3 saturated heterocycles. The molecule has 2 aromatic rings. The summed E-state index contributed by atoms with van der Waals surface area (Å²) in [4.78, 5) is 181. The van der Waals surface area contributed by atoms with Crippen LogP contribution in [0.15, 0.2) is 48.8 Å². The first-order chi connectivity index (χ1) is 37.0. The van der Waals surface area contributed by atoms with Crippen molar-refractivity contribution in [1.82, 2.24) is 60.6 Å². The summed E-state index contributed by atoms with van der Waals surface area (Å²) < 4.78 is 11.4. The zero-order chi connectivity index (χ0) is 57.4. The Bertz CT molecular complexity index is 2360. The number of piperidine rings is 2. The van der Waals surface area contributed by atoms with Gasteiger partial charge >= 0.3 is 11.9 Å². The summed E-state index contributed by atoms with van der Waals surface area (Å²) in [6, 6.07) is 1.09. The van der Waals surface area contributed by atoms with Gasteiger partial charge in [-0.15, -0.1) is 0 Å². The van der Waals surface area contributed by atoms with E-state index in [0.29, 0.717) is 25.7 Å². The van der Waals surface area contributed by atoms with E-state index in [1.165, 1.54) is 62.5 Å². The zero-order valence-electron chi connectivity index (χ0n) is 45.4. The fourth-order valence-electron chi connectivity index (χ4n) is 9.35. The van der Waals surface area contributed by atoms with Gasteiger partial charge in [0.2, 0.25) is 47.3 Å². The second-order valence-corrected chi connectivity index (χ2v) is 20.2. The first-order valence-corrected chi connectivity index (χ1v) is 25.9. The van der Waals surface area contributed by atoms with Gasteiger partial charge in [0.05, 0.1) is 26.2 Å². The zero-order valence-corrected chi connectivity index (χ0v) is 45.4. The third-order valence-corrected chi connectivity index (χ3v) is 13.8. The Morgan fingerprint density at radius 2 is 0.923 bits per heavy atom. The lowest BCUT2D eigenvalue weighted by atomic mass is 10.00. The van der Waals surface area contributed by atoms with Gasteiger partial charge in [-0.05, 0) is 74.6 Å². The fraction of sp³-hybridized carbons (Fsp3) is 0.577. The minimum atomic E-state index is -1.57. The van der Waals surface area contributed by atoms with Crippen molar-refractivity contribution in [3.8, 4) is 0 Å². The number of fused-ring (bicyclic) bond motifs is 2. The van der Waals surface area contributed by atoms with E-state index >= 15 is 0 Å². The summed E-state index contributed by atoms with van der Waals surface area (Å²) in [7, 11) is 5.27. The average molecular weight is 1090 g/mol. The lowest BCUT2D eigenvalue weighted by Crippen LogP contribution is -2.59. The molecule has 0 spiro atoms. The number of likely N-dealkylation sites (N-methyl/N-ethyl adjacent to an activating group) is 4. The Labute approximate surface area is 452 Å². The van der Waals surface area contributed by atoms with Gasteiger partial charge in [0.1, 0.15) is 60.9 Å². The molecule has 0 saturated carbocycles. The van der Waals surface area contributed by atoms with Crippen molar-refractivity contribution in [1.29, 1.82) is 0 Å². The highest BCUT2D eigenvalue weighted by molar-refractivity contribution is 6.00. The maximum Gasteiger partial charge on any atom is 0.329 e. The van der Waals surface area contributed by atoms with E-state index in [2.05, 4.69) is 31.2 Å². The molecule has 26 heteroatoms. The smallest absolute Gasteiger partial charge is 0.329 e. The lowest BCUT2D eigenvalue weighted by molar-refractivity contribution is -0.159. The molecule has 0 radical (unpaired) electrons. The van der Waals surface area contributed by atoms with Gasteiger partial charge < -0.3 is 60.1 Å². The molecule has 0 aliphatic carbocycles. The number of cyclic esters (lactones) is 2. The van der Waals surface area contributed by atoms with Gasteiger partial charge in [-0.1, -0.05) is 39.8 Å². The van der Waals surface area contributed by atoms with E-state index in [0.717, 1.165) is 19.6 Å². The molecule has 26 nitrogen and oxygen atoms in total. The van der Waals surface area contributed by atoms with Gasteiger partial charge in [0.15, 0.2) is 0 Å². The van der Waals surface area contributed by atoms with Crippen LogP contribution in [0, 0.1) is 11.8 Å². The van der Waals surface area contributed by atoms with Crippen molar-refractivity contribution < 1.29 is 67.0 Å². The number of nitrogens with zero attached hydrogens (tertiary/aromatic N) is 8. The van der Waals surface area contributed by atoms with Crippen LogP contribution >= 0.6 is 0 Å². The van der Waals surface area contributed by atoms with Crippen LogP contribution in [0.1, 0.15) is 87.2 Å². The molecular formula is C52H72N12O14. The Hall–Kier alpha value is -8.06. The molecule has 3 fully saturated rings. The van der Waals surface area contributed by atoms with Gasteiger partial charge in [0.25, 0.3) is 11.8 Å². The minimum Gasteiger partial charge on any atom is -0.461 e. The highest BCUT2D eigenvalue weighted by Gasteiger charge is 2.41. The van der Waals surface area contributed by atoms with E-state index in [4.69, 9.17) is 9.47 Å². The van der Waals surface area contributed by atoms with Crippen LogP contribution in [0.5, 0.6) is 0 Å².